The monoisotopic (exact) mass is 612 g/mol. The highest BCUT2D eigenvalue weighted by atomic mass is 14.9. The van der Waals surface area contributed by atoms with Gasteiger partial charge in [-0.1, -0.05) is 97.1 Å². The SMILES string of the molecule is C1=CC2C=Cc3ccc(-c4cc(-c5ccc6ccc7ccccc7c6c5)cc(-c5ccc6ccc7cccnc7c6n5)c4)nc3C2N=C1. The van der Waals surface area contributed by atoms with Gasteiger partial charge in [0, 0.05) is 40.2 Å². The van der Waals surface area contributed by atoms with Gasteiger partial charge >= 0.3 is 0 Å². The van der Waals surface area contributed by atoms with Gasteiger partial charge in [0.2, 0.25) is 0 Å². The molecule has 1 aliphatic carbocycles. The third-order valence-electron chi connectivity index (χ3n) is 9.80. The third kappa shape index (κ3) is 4.38. The third-order valence-corrected chi connectivity index (χ3v) is 9.80. The molecule has 0 saturated heterocycles. The Labute approximate surface area is 277 Å². The van der Waals surface area contributed by atoms with Gasteiger partial charge in [0.05, 0.1) is 28.1 Å². The van der Waals surface area contributed by atoms with Crippen molar-refractivity contribution < 1.29 is 0 Å². The fourth-order valence-corrected chi connectivity index (χ4v) is 7.34. The molecule has 2 atom stereocenters. The van der Waals surface area contributed by atoms with E-state index in [-0.39, 0.29) is 12.0 Å². The van der Waals surface area contributed by atoms with E-state index in [1.165, 1.54) is 21.5 Å². The molecule has 4 heteroatoms. The van der Waals surface area contributed by atoms with Crippen molar-refractivity contribution in [2.75, 3.05) is 0 Å². The number of pyridine rings is 3. The summed E-state index contributed by atoms with van der Waals surface area (Å²) in [5.41, 5.74) is 10.1. The zero-order chi connectivity index (χ0) is 31.6. The second-order valence-corrected chi connectivity index (χ2v) is 12.7. The molecule has 4 nitrogen and oxygen atoms in total. The first-order chi connectivity index (χ1) is 23.7. The number of hydrogen-bond donors (Lipinski definition) is 0. The van der Waals surface area contributed by atoms with Gasteiger partial charge in [0.15, 0.2) is 0 Å². The Morgan fingerprint density at radius 2 is 1.21 bits per heavy atom. The predicted molar refractivity (Wildman–Crippen MR) is 199 cm³/mol. The topological polar surface area (TPSA) is 51.0 Å². The summed E-state index contributed by atoms with van der Waals surface area (Å²) in [6.07, 6.45) is 12.4. The molecule has 2 aliphatic rings. The van der Waals surface area contributed by atoms with E-state index in [1.54, 1.807) is 0 Å². The number of nitrogens with zero attached hydrogens (tertiary/aromatic N) is 4. The zero-order valence-corrected chi connectivity index (χ0v) is 26.0. The molecule has 10 rings (SSSR count). The molecule has 3 aromatic heterocycles. The summed E-state index contributed by atoms with van der Waals surface area (Å²) < 4.78 is 0. The van der Waals surface area contributed by atoms with Crippen LogP contribution in [0.3, 0.4) is 0 Å². The fourth-order valence-electron chi connectivity index (χ4n) is 7.34. The summed E-state index contributed by atoms with van der Waals surface area (Å²) >= 11 is 0. The summed E-state index contributed by atoms with van der Waals surface area (Å²) in [6.45, 7) is 0. The average molecular weight is 613 g/mol. The van der Waals surface area contributed by atoms with Crippen LogP contribution in [0.5, 0.6) is 0 Å². The molecule has 48 heavy (non-hydrogen) atoms. The predicted octanol–water partition coefficient (Wildman–Crippen LogP) is 10.8. The smallest absolute Gasteiger partial charge is 0.102 e. The number of aromatic nitrogens is 3. The van der Waals surface area contributed by atoms with Crippen molar-refractivity contribution in [2.45, 2.75) is 6.04 Å². The number of aliphatic imine (C=N–C) groups is 1. The summed E-state index contributed by atoms with van der Waals surface area (Å²) in [5.74, 6) is 0.227. The van der Waals surface area contributed by atoms with Crippen LogP contribution in [0.4, 0.5) is 0 Å². The van der Waals surface area contributed by atoms with E-state index in [9.17, 15) is 0 Å². The lowest BCUT2D eigenvalue weighted by atomic mass is 9.86. The molecule has 8 aromatic rings. The standard InChI is InChI=1S/C44H28N4/c1-2-8-37-27(5-1)9-10-28-11-16-33(26-38(28)37)34-23-35(39-19-17-31-14-12-29-6-3-21-45-41(29)43(31)47-39)25-36(24-34)40-20-18-32-15-13-30-7-4-22-46-42(30)44(32)48-40/h1-26,29,41H. The second-order valence-electron chi connectivity index (χ2n) is 12.7. The lowest BCUT2D eigenvalue weighted by molar-refractivity contribution is 0.594. The molecule has 1 aliphatic heterocycles. The lowest BCUT2D eigenvalue weighted by Crippen LogP contribution is -2.16. The van der Waals surface area contributed by atoms with Crippen LogP contribution >= 0.6 is 0 Å². The number of benzene rings is 5. The average Bonchev–Trinajstić information content (AvgIpc) is 3.17. The molecule has 0 radical (unpaired) electrons. The summed E-state index contributed by atoms with van der Waals surface area (Å²) in [7, 11) is 0. The number of allylic oxidation sites excluding steroid dienone is 1. The Bertz CT molecular complexity index is 2560. The van der Waals surface area contributed by atoms with Gasteiger partial charge in [-0.2, -0.15) is 0 Å². The number of dihydropyridines is 1. The van der Waals surface area contributed by atoms with E-state index in [0.717, 1.165) is 66.7 Å². The number of rotatable bonds is 3. The van der Waals surface area contributed by atoms with E-state index in [0.29, 0.717) is 0 Å². The number of hydrogen-bond acceptors (Lipinski definition) is 4. The number of fused-ring (bicyclic) bond motifs is 9. The highest BCUT2D eigenvalue weighted by Gasteiger charge is 2.27. The maximum atomic E-state index is 5.29. The Morgan fingerprint density at radius 1 is 0.500 bits per heavy atom. The molecule has 5 aromatic carbocycles. The van der Waals surface area contributed by atoms with E-state index < -0.39 is 0 Å². The van der Waals surface area contributed by atoms with E-state index >= 15 is 0 Å². The maximum Gasteiger partial charge on any atom is 0.102 e. The summed E-state index contributed by atoms with van der Waals surface area (Å²) in [4.78, 5) is 20.1. The Morgan fingerprint density at radius 3 is 2.12 bits per heavy atom. The molecule has 0 amide bonds. The van der Waals surface area contributed by atoms with Crippen LogP contribution in [0.1, 0.15) is 17.3 Å². The van der Waals surface area contributed by atoms with Crippen molar-refractivity contribution in [1.29, 1.82) is 0 Å². The lowest BCUT2D eigenvalue weighted by Gasteiger charge is -2.26. The van der Waals surface area contributed by atoms with Crippen LogP contribution in [0, 0.1) is 5.92 Å². The maximum absolute atomic E-state index is 5.29. The minimum absolute atomic E-state index is 0.00527. The highest BCUT2D eigenvalue weighted by molar-refractivity contribution is 6.09. The van der Waals surface area contributed by atoms with Crippen LogP contribution in [0.2, 0.25) is 0 Å². The normalized spacial score (nSPS) is 16.5. The van der Waals surface area contributed by atoms with Gasteiger partial charge in [-0.05, 0) is 86.8 Å². The molecular weight excluding hydrogens is 585 g/mol. The van der Waals surface area contributed by atoms with Gasteiger partial charge in [-0.3, -0.25) is 9.98 Å². The van der Waals surface area contributed by atoms with Crippen LogP contribution in [-0.4, -0.2) is 21.2 Å². The van der Waals surface area contributed by atoms with Crippen LogP contribution in [0.15, 0.2) is 151 Å². The van der Waals surface area contributed by atoms with Gasteiger partial charge in [-0.25, -0.2) is 9.97 Å². The summed E-state index contributed by atoms with van der Waals surface area (Å²) in [5, 5.41) is 7.12. The molecule has 0 saturated carbocycles. The molecule has 0 bridgehead atoms. The summed E-state index contributed by atoms with van der Waals surface area (Å²) in [6, 6.07) is 43.4. The largest absolute Gasteiger partial charge is 0.282 e. The Hall–Kier alpha value is -6.26. The van der Waals surface area contributed by atoms with Crippen molar-refractivity contribution in [3.05, 3.63) is 157 Å². The van der Waals surface area contributed by atoms with Crippen LogP contribution in [0.25, 0.3) is 83.1 Å². The first-order valence-electron chi connectivity index (χ1n) is 16.4. The second kappa shape index (κ2) is 10.6. The minimum atomic E-state index is -0.00527. The van der Waals surface area contributed by atoms with Crippen molar-refractivity contribution >= 4 is 55.6 Å². The fraction of sp³-hybridized carbons (Fsp3) is 0.0455. The van der Waals surface area contributed by atoms with Crippen molar-refractivity contribution in [2.24, 2.45) is 10.9 Å². The molecular formula is C44H28N4. The molecule has 0 N–H and O–H groups in total. The van der Waals surface area contributed by atoms with Gasteiger partial charge in [0.1, 0.15) is 6.04 Å². The first kappa shape index (κ1) is 26.9. The Kier molecular flexibility index (Phi) is 5.97. The van der Waals surface area contributed by atoms with Crippen LogP contribution in [-0.2, 0) is 0 Å². The van der Waals surface area contributed by atoms with Crippen molar-refractivity contribution in [3.8, 4) is 33.6 Å². The first-order valence-corrected chi connectivity index (χ1v) is 16.4. The molecule has 0 spiro atoms. The van der Waals surface area contributed by atoms with Gasteiger partial charge < -0.3 is 0 Å². The van der Waals surface area contributed by atoms with E-state index in [2.05, 4.69) is 133 Å². The van der Waals surface area contributed by atoms with Gasteiger partial charge in [-0.15, -0.1) is 0 Å². The molecule has 4 heterocycles. The Balaban J connectivity index is 1.19. The zero-order valence-electron chi connectivity index (χ0n) is 26.0. The van der Waals surface area contributed by atoms with Crippen molar-refractivity contribution in [1.82, 2.24) is 15.0 Å². The van der Waals surface area contributed by atoms with Gasteiger partial charge in [0.25, 0.3) is 0 Å². The van der Waals surface area contributed by atoms with Crippen molar-refractivity contribution in [3.63, 3.8) is 0 Å². The van der Waals surface area contributed by atoms with E-state index in [4.69, 9.17) is 19.9 Å². The quantitative estimate of drug-likeness (QED) is 0.187. The molecule has 0 fully saturated rings. The molecule has 2 unspecified atom stereocenters. The highest BCUT2D eigenvalue weighted by Crippen LogP contribution is 2.39. The van der Waals surface area contributed by atoms with E-state index in [1.807, 2.05) is 24.6 Å². The minimum Gasteiger partial charge on any atom is -0.282 e. The van der Waals surface area contributed by atoms with Crippen LogP contribution < -0.4 is 0 Å². The molecule has 224 valence electrons.